The fourth-order valence-corrected chi connectivity index (χ4v) is 5.59. The summed E-state index contributed by atoms with van der Waals surface area (Å²) in [5.41, 5.74) is 2.39. The number of nitrogens with zero attached hydrogens (tertiary/aromatic N) is 2. The molecule has 6 heteroatoms. The predicted octanol–water partition coefficient (Wildman–Crippen LogP) is 3.53. The highest BCUT2D eigenvalue weighted by atomic mass is 32.1. The number of thiophene rings is 1. The molecular formula is C21H25N3OS2. The van der Waals surface area contributed by atoms with Gasteiger partial charge < -0.3 is 5.32 Å². The van der Waals surface area contributed by atoms with Crippen LogP contribution in [0.2, 0.25) is 0 Å². The Morgan fingerprint density at radius 3 is 2.74 bits per heavy atom. The van der Waals surface area contributed by atoms with Crippen molar-refractivity contribution in [1.82, 2.24) is 9.88 Å². The molecule has 3 heterocycles. The summed E-state index contributed by atoms with van der Waals surface area (Å²) in [5.74, 6) is -0.188. The Hall–Kier alpha value is -2.02. The molecule has 1 aliphatic rings. The Morgan fingerprint density at radius 1 is 1.33 bits per heavy atom. The lowest BCUT2D eigenvalue weighted by molar-refractivity contribution is -0.111. The van der Waals surface area contributed by atoms with Crippen molar-refractivity contribution < 1.29 is 4.79 Å². The van der Waals surface area contributed by atoms with E-state index in [1.54, 1.807) is 28.7 Å². The molecule has 1 aliphatic heterocycles. The minimum Gasteiger partial charge on any atom is -0.314 e. The van der Waals surface area contributed by atoms with Gasteiger partial charge in [-0.2, -0.15) is 0 Å². The van der Waals surface area contributed by atoms with Crippen LogP contribution < -0.4 is 15.2 Å². The summed E-state index contributed by atoms with van der Waals surface area (Å²) in [5, 5.41) is 5.75. The molecule has 0 aromatic carbocycles. The molecule has 0 aliphatic carbocycles. The summed E-state index contributed by atoms with van der Waals surface area (Å²) in [4.78, 5) is 20.6. The maximum Gasteiger partial charge on any atom is 0.248 e. The second-order valence-corrected chi connectivity index (χ2v) is 8.81. The molecule has 0 spiro atoms. The average Bonchev–Trinajstić information content (AvgIpc) is 3.21. The van der Waals surface area contributed by atoms with Gasteiger partial charge in [0.05, 0.1) is 9.88 Å². The first-order valence-corrected chi connectivity index (χ1v) is 10.7. The Balaban J connectivity index is 2.16. The smallest absolute Gasteiger partial charge is 0.248 e. The van der Waals surface area contributed by atoms with E-state index >= 15 is 0 Å². The third-order valence-corrected chi connectivity index (χ3v) is 6.96. The van der Waals surface area contributed by atoms with Crippen molar-refractivity contribution in [3.8, 4) is 10.6 Å². The van der Waals surface area contributed by atoms with Gasteiger partial charge >= 0.3 is 0 Å². The van der Waals surface area contributed by atoms with Crippen LogP contribution in [0.15, 0.2) is 25.3 Å². The van der Waals surface area contributed by atoms with Crippen LogP contribution in [0.3, 0.4) is 0 Å². The zero-order valence-corrected chi connectivity index (χ0v) is 17.7. The van der Waals surface area contributed by atoms with Crippen molar-refractivity contribution >= 4 is 45.7 Å². The lowest BCUT2D eigenvalue weighted by atomic mass is 10.0. The number of rotatable bonds is 5. The van der Waals surface area contributed by atoms with E-state index in [1.807, 2.05) is 13.0 Å². The standard InChI is InChI=1S/C21H25N3OS2/c1-6-9-15-16(7-2)26-20(22-15)19-14-10-11-24(13(4)5)12-17(14)27-21(19)23-18(25)8-3/h6-9,13H,1,3,10-12H2,2,4-5H3,(H,23,25)/b15-9+,16-7+. The van der Waals surface area contributed by atoms with E-state index in [1.165, 1.54) is 16.5 Å². The number of amides is 1. The molecule has 0 radical (unpaired) electrons. The fourth-order valence-electron chi connectivity index (χ4n) is 3.23. The molecule has 0 bridgehead atoms. The maximum absolute atomic E-state index is 12.0. The number of nitrogens with one attached hydrogen (secondary N) is 1. The first-order valence-electron chi connectivity index (χ1n) is 9.06. The van der Waals surface area contributed by atoms with Gasteiger partial charge in [-0.05, 0) is 44.9 Å². The molecule has 0 atom stereocenters. The highest BCUT2D eigenvalue weighted by Crippen LogP contribution is 2.43. The second-order valence-electron chi connectivity index (χ2n) is 6.68. The number of carbonyl (C=O) groups excluding carboxylic acids is 1. The maximum atomic E-state index is 12.0. The highest BCUT2D eigenvalue weighted by Gasteiger charge is 2.28. The van der Waals surface area contributed by atoms with E-state index in [0.29, 0.717) is 6.04 Å². The van der Waals surface area contributed by atoms with Gasteiger partial charge in [-0.1, -0.05) is 25.3 Å². The molecule has 3 rings (SSSR count). The number of carbonyl (C=O) groups is 1. The molecule has 1 N–H and O–H groups in total. The van der Waals surface area contributed by atoms with Gasteiger partial charge in [0.25, 0.3) is 0 Å². The molecule has 0 fully saturated rings. The molecule has 2 aromatic heterocycles. The van der Waals surface area contributed by atoms with E-state index in [9.17, 15) is 4.79 Å². The van der Waals surface area contributed by atoms with E-state index in [-0.39, 0.29) is 5.91 Å². The zero-order chi connectivity index (χ0) is 19.6. The molecule has 2 aromatic rings. The van der Waals surface area contributed by atoms with Gasteiger partial charge in [0.1, 0.15) is 10.0 Å². The Bertz CT molecular complexity index is 998. The van der Waals surface area contributed by atoms with Gasteiger partial charge in [0.2, 0.25) is 5.91 Å². The summed E-state index contributed by atoms with van der Waals surface area (Å²) < 4.78 is 1.12. The fraction of sp³-hybridized carbons (Fsp3) is 0.333. The van der Waals surface area contributed by atoms with Gasteiger partial charge in [-0.15, -0.1) is 22.7 Å². The van der Waals surface area contributed by atoms with E-state index in [2.05, 4.69) is 43.3 Å². The van der Waals surface area contributed by atoms with Crippen molar-refractivity contribution in [2.45, 2.75) is 39.8 Å². The highest BCUT2D eigenvalue weighted by molar-refractivity contribution is 7.18. The van der Waals surface area contributed by atoms with E-state index < -0.39 is 0 Å². The average molecular weight is 400 g/mol. The van der Waals surface area contributed by atoms with Gasteiger partial charge in [0, 0.05) is 29.6 Å². The molecular weight excluding hydrogens is 374 g/mol. The number of aromatic nitrogens is 1. The van der Waals surface area contributed by atoms with Crippen LogP contribution in [0.1, 0.15) is 31.2 Å². The number of anilines is 1. The molecule has 0 saturated carbocycles. The summed E-state index contributed by atoms with van der Waals surface area (Å²) >= 11 is 3.32. The van der Waals surface area contributed by atoms with Crippen molar-refractivity contribution in [2.24, 2.45) is 0 Å². The number of hydrogen-bond donors (Lipinski definition) is 1. The largest absolute Gasteiger partial charge is 0.314 e. The lowest BCUT2D eigenvalue weighted by Gasteiger charge is -2.30. The number of fused-ring (bicyclic) bond motifs is 1. The van der Waals surface area contributed by atoms with Crippen LogP contribution in [0.4, 0.5) is 5.00 Å². The SMILES string of the molecule is C=C/C=c1/nc(-c2c(NC(=O)C=C)sc3c2CCN(C(C)C)C3)s/c1=C/C. The van der Waals surface area contributed by atoms with E-state index in [4.69, 9.17) is 4.98 Å². The molecule has 0 saturated heterocycles. The summed E-state index contributed by atoms with van der Waals surface area (Å²) in [6.45, 7) is 15.8. The Morgan fingerprint density at radius 2 is 2.11 bits per heavy atom. The topological polar surface area (TPSA) is 45.2 Å². The number of allylic oxidation sites excluding steroid dienone is 1. The molecule has 1 amide bonds. The molecule has 142 valence electrons. The predicted molar refractivity (Wildman–Crippen MR) is 118 cm³/mol. The van der Waals surface area contributed by atoms with Crippen LogP contribution in [0, 0.1) is 0 Å². The third kappa shape index (κ3) is 3.98. The molecule has 4 nitrogen and oxygen atoms in total. The second kappa shape index (κ2) is 8.33. The number of hydrogen-bond acceptors (Lipinski definition) is 5. The van der Waals surface area contributed by atoms with E-state index in [0.717, 1.165) is 45.0 Å². The minimum absolute atomic E-state index is 0.188. The molecule has 0 unspecified atom stereocenters. The number of thiazole rings is 1. The van der Waals surface area contributed by atoms with Crippen molar-refractivity contribution in [3.63, 3.8) is 0 Å². The zero-order valence-electron chi connectivity index (χ0n) is 16.0. The van der Waals surface area contributed by atoms with Gasteiger partial charge in [-0.25, -0.2) is 4.98 Å². The summed E-state index contributed by atoms with van der Waals surface area (Å²) in [6, 6.07) is 0.505. The first-order chi connectivity index (χ1) is 13.0. The van der Waals surface area contributed by atoms with Gasteiger partial charge in [0.15, 0.2) is 0 Å². The van der Waals surface area contributed by atoms with Gasteiger partial charge in [-0.3, -0.25) is 9.69 Å². The van der Waals surface area contributed by atoms with Crippen molar-refractivity contribution in [2.75, 3.05) is 11.9 Å². The monoisotopic (exact) mass is 399 g/mol. The first kappa shape index (κ1) is 19.7. The van der Waals surface area contributed by atoms with Crippen LogP contribution in [0.25, 0.3) is 22.7 Å². The van der Waals surface area contributed by atoms with Crippen molar-refractivity contribution in [1.29, 1.82) is 0 Å². The van der Waals surface area contributed by atoms with Crippen LogP contribution in [0.5, 0.6) is 0 Å². The summed E-state index contributed by atoms with van der Waals surface area (Å²) in [7, 11) is 0. The quantitative estimate of drug-likeness (QED) is 0.783. The van der Waals surface area contributed by atoms with Crippen molar-refractivity contribution in [3.05, 3.63) is 45.6 Å². The normalized spacial score (nSPS) is 15.9. The van der Waals surface area contributed by atoms with Crippen LogP contribution >= 0.6 is 22.7 Å². The van der Waals surface area contributed by atoms with Crippen LogP contribution in [-0.4, -0.2) is 28.4 Å². The van der Waals surface area contributed by atoms with Crippen LogP contribution in [-0.2, 0) is 17.8 Å². The Kier molecular flexibility index (Phi) is 6.09. The Labute approximate surface area is 168 Å². The minimum atomic E-state index is -0.188. The third-order valence-electron chi connectivity index (χ3n) is 4.67. The lowest BCUT2D eigenvalue weighted by Crippen LogP contribution is -2.35. The molecule has 27 heavy (non-hydrogen) atoms. The summed E-state index contributed by atoms with van der Waals surface area (Å²) in [6.07, 6.45) is 8.03.